The number of nitrogens with zero attached hydrogens (tertiary/aromatic N) is 2. The fourth-order valence-corrected chi connectivity index (χ4v) is 2.26. The third kappa shape index (κ3) is 3.28. The van der Waals surface area contributed by atoms with Gasteiger partial charge in [-0.3, -0.25) is 4.79 Å². The van der Waals surface area contributed by atoms with Gasteiger partial charge in [-0.25, -0.2) is 4.98 Å². The van der Waals surface area contributed by atoms with Gasteiger partial charge in [-0.2, -0.15) is 0 Å². The summed E-state index contributed by atoms with van der Waals surface area (Å²) in [7, 11) is 1.96. The Bertz CT molecular complexity index is 363. The van der Waals surface area contributed by atoms with Crippen LogP contribution in [0.25, 0.3) is 0 Å². The summed E-state index contributed by atoms with van der Waals surface area (Å²) in [4.78, 5) is 18.4. The highest BCUT2D eigenvalue weighted by atomic mass is 32.1. The van der Waals surface area contributed by atoms with Crippen molar-refractivity contribution in [3.8, 4) is 0 Å². The number of aromatic nitrogens is 1. The molecule has 0 radical (unpaired) electrons. The van der Waals surface area contributed by atoms with Crippen LogP contribution < -0.4 is 4.90 Å². The summed E-state index contributed by atoms with van der Waals surface area (Å²) >= 11 is 1.44. The van der Waals surface area contributed by atoms with Gasteiger partial charge in [0.25, 0.3) is 0 Å². The number of hydrogen-bond donors (Lipinski definition) is 0. The number of rotatable bonds is 6. The van der Waals surface area contributed by atoms with E-state index in [9.17, 15) is 4.79 Å². The molecule has 0 bridgehead atoms. The quantitative estimate of drug-likeness (QED) is 0.566. The fraction of sp³-hybridized carbons (Fsp3) is 0.636. The molecule has 0 fully saturated rings. The Morgan fingerprint density at radius 2 is 2.25 bits per heavy atom. The maximum atomic E-state index is 11.3. The van der Waals surface area contributed by atoms with E-state index in [-0.39, 0.29) is 5.78 Å². The first kappa shape index (κ1) is 13.1. The molecule has 1 heterocycles. The lowest BCUT2D eigenvalue weighted by atomic mass is 10.3. The van der Waals surface area contributed by atoms with Gasteiger partial charge in [0.1, 0.15) is 0 Å². The van der Waals surface area contributed by atoms with Crippen LogP contribution in [0, 0.1) is 6.92 Å². The molecule has 90 valence electrons. The summed E-state index contributed by atoms with van der Waals surface area (Å²) < 4.78 is 5.28. The number of carbonyl (C=O) groups is 1. The van der Waals surface area contributed by atoms with Crippen LogP contribution in [0.15, 0.2) is 0 Å². The molecule has 5 heteroatoms. The molecule has 0 aliphatic carbocycles. The lowest BCUT2D eigenvalue weighted by Gasteiger charge is -2.14. The van der Waals surface area contributed by atoms with Gasteiger partial charge in [0, 0.05) is 27.1 Å². The van der Waals surface area contributed by atoms with Crippen molar-refractivity contribution in [3.63, 3.8) is 0 Å². The largest absolute Gasteiger partial charge is 0.380 e. The van der Waals surface area contributed by atoms with E-state index < -0.39 is 0 Å². The van der Waals surface area contributed by atoms with Crippen LogP contribution in [0.5, 0.6) is 0 Å². The number of anilines is 1. The van der Waals surface area contributed by atoms with Crippen molar-refractivity contribution < 1.29 is 9.53 Å². The number of aryl methyl sites for hydroxylation is 1. The van der Waals surface area contributed by atoms with E-state index in [1.165, 1.54) is 11.3 Å². The molecule has 4 nitrogen and oxygen atoms in total. The van der Waals surface area contributed by atoms with Crippen molar-refractivity contribution in [1.82, 2.24) is 4.98 Å². The Hall–Kier alpha value is -0.940. The normalized spacial score (nSPS) is 10.5. The number of hydrogen-bond acceptors (Lipinski definition) is 5. The highest BCUT2D eigenvalue weighted by Crippen LogP contribution is 2.25. The minimum absolute atomic E-state index is 0.0828. The number of ether oxygens (including phenoxy) is 1. The molecule has 0 aliphatic heterocycles. The topological polar surface area (TPSA) is 42.4 Å². The van der Waals surface area contributed by atoms with Crippen molar-refractivity contribution in [2.45, 2.75) is 20.8 Å². The minimum atomic E-state index is 0.0828. The van der Waals surface area contributed by atoms with Gasteiger partial charge in [0.15, 0.2) is 10.9 Å². The summed E-state index contributed by atoms with van der Waals surface area (Å²) in [6.45, 7) is 7.61. The lowest BCUT2D eigenvalue weighted by Crippen LogP contribution is -2.22. The summed E-state index contributed by atoms with van der Waals surface area (Å²) in [5.74, 6) is 0.0828. The van der Waals surface area contributed by atoms with E-state index >= 15 is 0 Å². The first-order chi connectivity index (χ1) is 7.56. The van der Waals surface area contributed by atoms with Crippen molar-refractivity contribution in [1.29, 1.82) is 0 Å². The predicted molar refractivity (Wildman–Crippen MR) is 66.6 cm³/mol. The highest BCUT2D eigenvalue weighted by molar-refractivity contribution is 7.17. The van der Waals surface area contributed by atoms with E-state index in [0.717, 1.165) is 28.9 Å². The van der Waals surface area contributed by atoms with Crippen LogP contribution in [0.3, 0.4) is 0 Å². The van der Waals surface area contributed by atoms with Gasteiger partial charge in [-0.1, -0.05) is 11.3 Å². The molecule has 1 rings (SSSR count). The van der Waals surface area contributed by atoms with Crippen LogP contribution in [0.1, 0.15) is 29.2 Å². The zero-order chi connectivity index (χ0) is 12.1. The molecule has 0 aliphatic rings. The number of carbonyl (C=O) groups excluding carboxylic acids is 1. The van der Waals surface area contributed by atoms with Gasteiger partial charge < -0.3 is 9.64 Å². The first-order valence-corrected chi connectivity index (χ1v) is 6.15. The third-order valence-corrected chi connectivity index (χ3v) is 3.58. The summed E-state index contributed by atoms with van der Waals surface area (Å²) in [6, 6.07) is 0. The molecule has 0 N–H and O–H groups in total. The second-order valence-electron chi connectivity index (χ2n) is 3.59. The summed E-state index contributed by atoms with van der Waals surface area (Å²) in [6.07, 6.45) is 0. The molecule has 0 unspecified atom stereocenters. The Labute approximate surface area is 100 Å². The van der Waals surface area contributed by atoms with E-state index in [1.54, 1.807) is 6.92 Å². The SMILES string of the molecule is CCOCCN(C)c1nc(C)c(C(C)=O)s1. The first-order valence-electron chi connectivity index (χ1n) is 5.33. The van der Waals surface area contributed by atoms with E-state index in [0.29, 0.717) is 6.61 Å². The van der Waals surface area contributed by atoms with Gasteiger partial charge >= 0.3 is 0 Å². The smallest absolute Gasteiger partial charge is 0.186 e. The zero-order valence-corrected chi connectivity index (χ0v) is 11.1. The van der Waals surface area contributed by atoms with Gasteiger partial charge in [0.2, 0.25) is 0 Å². The molecular formula is C11H18N2O2S. The maximum Gasteiger partial charge on any atom is 0.186 e. The van der Waals surface area contributed by atoms with Gasteiger partial charge in [0.05, 0.1) is 17.2 Å². The molecule has 1 aromatic rings. The molecule has 0 aromatic carbocycles. The number of Topliss-reactive ketones (excluding diaryl/α,β-unsaturated/α-hetero) is 1. The standard InChI is InChI=1S/C11H18N2O2S/c1-5-15-7-6-13(4)11-12-8(2)10(16-11)9(3)14/h5-7H2,1-4H3. The van der Waals surface area contributed by atoms with Gasteiger partial charge in [-0.15, -0.1) is 0 Å². The number of likely N-dealkylation sites (N-methyl/N-ethyl adjacent to an activating group) is 1. The minimum Gasteiger partial charge on any atom is -0.380 e. The molecule has 1 aromatic heterocycles. The van der Waals surface area contributed by atoms with Crippen molar-refractivity contribution in [2.24, 2.45) is 0 Å². The molecule has 16 heavy (non-hydrogen) atoms. The average molecular weight is 242 g/mol. The second-order valence-corrected chi connectivity index (χ2v) is 4.56. The van der Waals surface area contributed by atoms with Crippen LogP contribution in [0.2, 0.25) is 0 Å². The molecule has 0 saturated heterocycles. The molecule has 0 saturated carbocycles. The second kappa shape index (κ2) is 5.96. The van der Waals surface area contributed by atoms with Crippen LogP contribution in [0.4, 0.5) is 5.13 Å². The van der Waals surface area contributed by atoms with E-state index in [4.69, 9.17) is 4.74 Å². The van der Waals surface area contributed by atoms with Crippen molar-refractivity contribution in [2.75, 3.05) is 31.7 Å². The van der Waals surface area contributed by atoms with Gasteiger partial charge in [-0.05, 0) is 13.8 Å². The van der Waals surface area contributed by atoms with Crippen molar-refractivity contribution >= 4 is 22.3 Å². The number of ketones is 1. The summed E-state index contributed by atoms with van der Waals surface area (Å²) in [5.41, 5.74) is 0.816. The number of thiazole rings is 1. The Morgan fingerprint density at radius 1 is 1.56 bits per heavy atom. The van der Waals surface area contributed by atoms with Crippen LogP contribution in [-0.2, 0) is 4.74 Å². The van der Waals surface area contributed by atoms with E-state index in [1.807, 2.05) is 25.8 Å². The maximum absolute atomic E-state index is 11.3. The molecule has 0 spiro atoms. The Balaban J connectivity index is 2.65. The molecule has 0 amide bonds. The van der Waals surface area contributed by atoms with Crippen LogP contribution in [-0.4, -0.2) is 37.6 Å². The average Bonchev–Trinajstić information content (AvgIpc) is 2.60. The monoisotopic (exact) mass is 242 g/mol. The Kier molecular flexibility index (Phi) is 4.89. The highest BCUT2D eigenvalue weighted by Gasteiger charge is 2.13. The summed E-state index contributed by atoms with van der Waals surface area (Å²) in [5, 5.41) is 0.877. The van der Waals surface area contributed by atoms with Crippen molar-refractivity contribution in [3.05, 3.63) is 10.6 Å². The zero-order valence-electron chi connectivity index (χ0n) is 10.2. The fourth-order valence-electron chi connectivity index (χ4n) is 1.31. The van der Waals surface area contributed by atoms with E-state index in [2.05, 4.69) is 4.98 Å². The predicted octanol–water partition coefficient (Wildman–Crippen LogP) is 2.13. The lowest BCUT2D eigenvalue weighted by molar-refractivity contribution is 0.102. The Morgan fingerprint density at radius 3 is 2.75 bits per heavy atom. The van der Waals surface area contributed by atoms with Crippen LogP contribution >= 0.6 is 11.3 Å². The molecular weight excluding hydrogens is 224 g/mol. The third-order valence-electron chi connectivity index (χ3n) is 2.21. The molecule has 0 atom stereocenters.